The van der Waals surface area contributed by atoms with Crippen molar-refractivity contribution in [1.82, 2.24) is 14.5 Å². The van der Waals surface area contributed by atoms with Crippen LogP contribution in [0.2, 0.25) is 0 Å². The monoisotopic (exact) mass is 299 g/mol. The zero-order chi connectivity index (χ0) is 17.5. The number of rotatable bonds is 4. The molecule has 114 valence electrons. The molecule has 5 heteroatoms. The molecule has 0 aliphatic rings. The topological polar surface area (TPSA) is 60.2 Å². The second-order valence-electron chi connectivity index (χ2n) is 5.71. The summed E-state index contributed by atoms with van der Waals surface area (Å²) in [7, 11) is 0. The summed E-state index contributed by atoms with van der Waals surface area (Å²) < 4.78 is 23.5. The van der Waals surface area contributed by atoms with Gasteiger partial charge in [0.1, 0.15) is 5.75 Å². The Labute approximate surface area is 132 Å². The van der Waals surface area contributed by atoms with Crippen LogP contribution in [0.4, 0.5) is 0 Å². The first kappa shape index (κ1) is 12.2. The maximum absolute atomic E-state index is 10.1. The molecule has 22 heavy (non-hydrogen) atoms. The van der Waals surface area contributed by atoms with Crippen LogP contribution in [-0.2, 0) is 6.50 Å². The van der Waals surface area contributed by atoms with Crippen molar-refractivity contribution in [3.63, 3.8) is 0 Å². The summed E-state index contributed by atoms with van der Waals surface area (Å²) in [5, 5.41) is 10.1. The van der Waals surface area contributed by atoms with Crippen LogP contribution < -0.4 is 4.74 Å². The molecule has 0 bridgehead atoms. The molecule has 2 heterocycles. The molecule has 3 aromatic rings. The predicted octanol–water partition coefficient (Wildman–Crippen LogP) is 3.30. The molecule has 1 N–H and O–H groups in total. The number of pyridine rings is 1. The van der Waals surface area contributed by atoms with Crippen LogP contribution in [0.1, 0.15) is 22.2 Å². The van der Waals surface area contributed by atoms with E-state index in [2.05, 4.69) is 9.97 Å². The number of hydrogen-bond donors (Lipinski definition) is 1. The predicted molar refractivity (Wildman–Crippen MR) is 85.1 cm³/mol. The quantitative estimate of drug-likeness (QED) is 0.803. The number of imidazole rings is 1. The van der Waals surface area contributed by atoms with E-state index in [4.69, 9.17) is 7.48 Å². The molecule has 0 aliphatic carbocycles. The summed E-state index contributed by atoms with van der Waals surface area (Å²) in [6.45, 7) is 2.77. The van der Waals surface area contributed by atoms with Gasteiger partial charge in [0.25, 0.3) is 0 Å². The van der Waals surface area contributed by atoms with Gasteiger partial charge in [-0.2, -0.15) is 0 Å². The Morgan fingerprint density at radius 3 is 2.77 bits per heavy atom. The van der Waals surface area contributed by atoms with E-state index in [0.29, 0.717) is 22.7 Å². The van der Waals surface area contributed by atoms with Crippen LogP contribution in [0.3, 0.4) is 0 Å². The average molecular weight is 299 g/mol. The highest BCUT2D eigenvalue weighted by molar-refractivity contribution is 5.77. The molecule has 1 aromatic carbocycles. The lowest BCUT2D eigenvalue weighted by Gasteiger charge is -2.18. The molecule has 0 atom stereocenters. The number of hydrogen-bond acceptors (Lipinski definition) is 4. The minimum absolute atomic E-state index is 0.455. The van der Waals surface area contributed by atoms with E-state index in [1.165, 1.54) is 24.7 Å². The summed E-state index contributed by atoms with van der Waals surface area (Å²) in [5.74, 6) is 0.976. The maximum Gasteiger partial charge on any atom is 0.219 e. The first-order valence-electron chi connectivity index (χ1n) is 7.99. The van der Waals surface area contributed by atoms with Crippen molar-refractivity contribution in [2.75, 3.05) is 0 Å². The van der Waals surface area contributed by atoms with Gasteiger partial charge < -0.3 is 14.4 Å². The Hall–Kier alpha value is -2.40. The molecule has 5 nitrogen and oxygen atoms in total. The molecule has 0 unspecified atom stereocenters. The number of aromatic nitrogens is 3. The molecular formula is C17H19N3O2. The largest absolute Gasteiger partial charge is 0.439 e. The first-order valence-corrected chi connectivity index (χ1v) is 6.99. The van der Waals surface area contributed by atoms with Crippen molar-refractivity contribution in [2.24, 2.45) is 0 Å². The van der Waals surface area contributed by atoms with Crippen molar-refractivity contribution in [3.05, 3.63) is 48.4 Å². The van der Waals surface area contributed by atoms with E-state index < -0.39 is 12.1 Å². The fraction of sp³-hybridized carbons (Fsp3) is 0.294. The molecule has 0 saturated heterocycles. The molecule has 0 saturated carbocycles. The summed E-state index contributed by atoms with van der Waals surface area (Å²) >= 11 is 0. The number of nitrogens with zero attached hydrogens (tertiary/aromatic N) is 3. The molecule has 0 aliphatic heterocycles. The molecule has 0 radical (unpaired) electrons. The average Bonchev–Trinajstić information content (AvgIpc) is 2.92. The number of ether oxygens (including phenoxy) is 1. The van der Waals surface area contributed by atoms with Gasteiger partial charge in [-0.1, -0.05) is 6.07 Å². The van der Waals surface area contributed by atoms with Crippen LogP contribution >= 0.6 is 0 Å². The second kappa shape index (κ2) is 5.42. The van der Waals surface area contributed by atoms with Crippen molar-refractivity contribution >= 4 is 11.0 Å². The molecule has 0 fully saturated rings. The standard InChI is InChI=1S/C17H19N3O2/c1-12-4-7-16(18-9-12)22-13-5-6-14-15(8-13)20(11-19-14)10-17(2,3)21/h4-9,11,21H,10H2,1-3H3/i10D2. The van der Waals surface area contributed by atoms with E-state index in [1.54, 1.807) is 30.5 Å². The Balaban J connectivity index is 2.01. The number of fused-ring (bicyclic) bond motifs is 1. The van der Waals surface area contributed by atoms with Crippen molar-refractivity contribution in [2.45, 2.75) is 32.9 Å². The fourth-order valence-corrected chi connectivity index (χ4v) is 2.07. The summed E-state index contributed by atoms with van der Waals surface area (Å²) in [6.07, 6.45) is 3.10. The van der Waals surface area contributed by atoms with Gasteiger partial charge in [0.05, 0.1) is 32.2 Å². The van der Waals surface area contributed by atoms with E-state index in [1.807, 2.05) is 13.0 Å². The summed E-state index contributed by atoms with van der Waals surface area (Å²) in [5.41, 5.74) is 0.615. The fourth-order valence-electron chi connectivity index (χ4n) is 2.07. The number of benzene rings is 1. The van der Waals surface area contributed by atoms with Gasteiger partial charge in [-0.15, -0.1) is 0 Å². The minimum Gasteiger partial charge on any atom is -0.439 e. The third-order valence-corrected chi connectivity index (χ3v) is 3.02. The lowest BCUT2D eigenvalue weighted by molar-refractivity contribution is 0.0626. The molecule has 2 aromatic heterocycles. The maximum atomic E-state index is 10.1. The minimum atomic E-state index is -2.03. The Morgan fingerprint density at radius 2 is 2.09 bits per heavy atom. The summed E-state index contributed by atoms with van der Waals surface area (Å²) in [4.78, 5) is 8.39. The van der Waals surface area contributed by atoms with Gasteiger partial charge >= 0.3 is 0 Å². The van der Waals surface area contributed by atoms with Crippen molar-refractivity contribution in [1.29, 1.82) is 0 Å². The van der Waals surface area contributed by atoms with Crippen molar-refractivity contribution < 1.29 is 12.6 Å². The summed E-state index contributed by atoms with van der Waals surface area (Å²) in [6, 6.07) is 8.86. The van der Waals surface area contributed by atoms with Crippen LogP contribution in [-0.4, -0.2) is 25.2 Å². The van der Waals surface area contributed by atoms with Gasteiger partial charge in [0.2, 0.25) is 5.88 Å². The highest BCUT2D eigenvalue weighted by Gasteiger charge is 2.15. The van der Waals surface area contributed by atoms with E-state index >= 15 is 0 Å². The van der Waals surface area contributed by atoms with Gasteiger partial charge in [-0.05, 0) is 38.5 Å². The van der Waals surface area contributed by atoms with Crippen LogP contribution in [0, 0.1) is 6.92 Å². The molecular weight excluding hydrogens is 278 g/mol. The normalized spacial score (nSPS) is 13.8. The van der Waals surface area contributed by atoms with Gasteiger partial charge in [-0.3, -0.25) is 0 Å². The van der Waals surface area contributed by atoms with E-state index in [9.17, 15) is 5.11 Å². The lowest BCUT2D eigenvalue weighted by atomic mass is 10.1. The van der Waals surface area contributed by atoms with Crippen LogP contribution in [0.5, 0.6) is 11.6 Å². The van der Waals surface area contributed by atoms with E-state index in [0.717, 1.165) is 5.56 Å². The van der Waals surface area contributed by atoms with Gasteiger partial charge in [-0.25, -0.2) is 9.97 Å². The Bertz CT molecular complexity index is 868. The van der Waals surface area contributed by atoms with Crippen LogP contribution in [0.25, 0.3) is 11.0 Å². The SMILES string of the molecule is [2H]C([2H])(n1cnc2ccc(Oc3ccc(C)cn3)cc21)C(C)(C)O. The van der Waals surface area contributed by atoms with Gasteiger partial charge in [0, 0.05) is 18.3 Å². The molecule has 0 amide bonds. The van der Waals surface area contributed by atoms with Crippen LogP contribution in [0.15, 0.2) is 42.9 Å². The zero-order valence-electron chi connectivity index (χ0n) is 14.7. The zero-order valence-corrected chi connectivity index (χ0v) is 12.7. The van der Waals surface area contributed by atoms with Gasteiger partial charge in [0.15, 0.2) is 0 Å². The second-order valence-corrected chi connectivity index (χ2v) is 5.71. The molecule has 0 spiro atoms. The number of aryl methyl sites for hydroxylation is 1. The Morgan fingerprint density at radius 1 is 1.27 bits per heavy atom. The third kappa shape index (κ3) is 3.26. The van der Waals surface area contributed by atoms with E-state index in [-0.39, 0.29) is 0 Å². The third-order valence-electron chi connectivity index (χ3n) is 3.02. The van der Waals surface area contributed by atoms with Crippen molar-refractivity contribution in [3.8, 4) is 11.6 Å². The highest BCUT2D eigenvalue weighted by Crippen LogP contribution is 2.25. The highest BCUT2D eigenvalue weighted by atomic mass is 16.5. The number of aliphatic hydroxyl groups is 1. The Kier molecular flexibility index (Phi) is 3.00. The first-order chi connectivity index (χ1) is 11.2. The smallest absolute Gasteiger partial charge is 0.219 e. The lowest BCUT2D eigenvalue weighted by Crippen LogP contribution is -2.25. The molecule has 3 rings (SSSR count).